The lowest BCUT2D eigenvalue weighted by atomic mass is 9.84. The molecule has 38 valence electrons. The molecule has 1 rings (SSSR count). The zero-order chi connectivity index (χ0) is 5.33. The second kappa shape index (κ2) is 1.19. The summed E-state index contributed by atoms with van der Waals surface area (Å²) in [7, 11) is 0. The van der Waals surface area contributed by atoms with Crippen LogP contribution in [0.15, 0.2) is 0 Å². The normalized spacial score (nSPS) is 25.1. The number of halogens is 1. The lowest BCUT2D eigenvalue weighted by Gasteiger charge is -2.25. The molecule has 7 heavy (non-hydrogen) atoms. The van der Waals surface area contributed by atoms with Crippen LogP contribution in [0.2, 0.25) is 0 Å². The molecule has 0 atom stereocenters. The number of hydrogen-bond acceptors (Lipinski definition) is 1. The molecule has 1 aliphatic carbocycles. The Morgan fingerprint density at radius 3 is 2.14 bits per heavy atom. The summed E-state index contributed by atoms with van der Waals surface area (Å²) in [5.74, 6) is 0. The van der Waals surface area contributed by atoms with Crippen LogP contribution in [-0.4, -0.2) is 5.67 Å². The molecule has 0 aromatic heterocycles. The minimum Gasteiger partial charge on any atom is -0.227 e. The van der Waals surface area contributed by atoms with Crippen molar-refractivity contribution in [2.45, 2.75) is 24.9 Å². The maximum atomic E-state index is 12.3. The Hall–Kier alpha value is -0.580. The highest BCUT2D eigenvalue weighted by atomic mass is 19.1. The summed E-state index contributed by atoms with van der Waals surface area (Å²) in [5.41, 5.74) is -1.43. The Kier molecular flexibility index (Phi) is 0.780. The summed E-state index contributed by atoms with van der Waals surface area (Å²) < 4.78 is 12.3. The second-order valence-electron chi connectivity index (χ2n) is 1.93. The summed E-state index contributed by atoms with van der Waals surface area (Å²) >= 11 is 0. The largest absolute Gasteiger partial charge is 0.227 e. The van der Waals surface area contributed by atoms with E-state index in [9.17, 15) is 4.39 Å². The van der Waals surface area contributed by atoms with Crippen molar-refractivity contribution < 1.29 is 4.39 Å². The van der Waals surface area contributed by atoms with E-state index in [-0.39, 0.29) is 0 Å². The third-order valence-corrected chi connectivity index (χ3v) is 1.35. The number of nitrogens with zero attached hydrogens (tertiary/aromatic N) is 1. The number of rotatable bonds is 0. The van der Waals surface area contributed by atoms with Gasteiger partial charge in [0.2, 0.25) is 0 Å². The van der Waals surface area contributed by atoms with Gasteiger partial charge in [0.05, 0.1) is 0 Å². The van der Waals surface area contributed by atoms with E-state index < -0.39 is 5.67 Å². The van der Waals surface area contributed by atoms with E-state index >= 15 is 0 Å². The van der Waals surface area contributed by atoms with Gasteiger partial charge in [-0.3, -0.25) is 0 Å². The van der Waals surface area contributed by atoms with Crippen LogP contribution in [-0.2, 0) is 0 Å². The van der Waals surface area contributed by atoms with Gasteiger partial charge in [0.1, 0.15) is 6.07 Å². The Labute approximate surface area is 41.8 Å². The average Bonchev–Trinajstić information content (AvgIpc) is 1.61. The van der Waals surface area contributed by atoms with E-state index in [1.165, 1.54) is 0 Å². The van der Waals surface area contributed by atoms with Crippen LogP contribution in [0, 0.1) is 11.3 Å². The van der Waals surface area contributed by atoms with Crippen LogP contribution >= 0.6 is 0 Å². The predicted molar refractivity (Wildman–Crippen MR) is 23.3 cm³/mol. The highest BCUT2D eigenvalue weighted by molar-refractivity contribution is 5.06. The van der Waals surface area contributed by atoms with Crippen molar-refractivity contribution in [3.8, 4) is 6.07 Å². The Morgan fingerprint density at radius 2 is 2.14 bits per heavy atom. The standard InChI is InChI=1S/C5H6FN/c6-5(4-7)2-1-3-5/h1-3H2. The molecule has 1 saturated carbocycles. The summed E-state index contributed by atoms with van der Waals surface area (Å²) in [4.78, 5) is 0. The third kappa shape index (κ3) is 0.584. The van der Waals surface area contributed by atoms with E-state index in [1.807, 2.05) is 0 Å². The molecule has 1 fully saturated rings. The van der Waals surface area contributed by atoms with Crippen LogP contribution in [0.5, 0.6) is 0 Å². The first kappa shape index (κ1) is 4.58. The van der Waals surface area contributed by atoms with Crippen molar-refractivity contribution in [3.63, 3.8) is 0 Å². The molecule has 0 aliphatic heterocycles. The summed E-state index contributed by atoms with van der Waals surface area (Å²) in [6.45, 7) is 0. The minimum atomic E-state index is -1.43. The minimum absolute atomic E-state index is 0.448. The molecule has 0 spiro atoms. The van der Waals surface area contributed by atoms with E-state index in [0.717, 1.165) is 6.42 Å². The van der Waals surface area contributed by atoms with E-state index in [4.69, 9.17) is 5.26 Å². The van der Waals surface area contributed by atoms with Crippen LogP contribution in [0.3, 0.4) is 0 Å². The van der Waals surface area contributed by atoms with Crippen LogP contribution in [0.1, 0.15) is 19.3 Å². The summed E-state index contributed by atoms with van der Waals surface area (Å²) in [6, 6.07) is 1.61. The van der Waals surface area contributed by atoms with Gasteiger partial charge in [-0.2, -0.15) is 5.26 Å². The Balaban J connectivity index is 2.48. The molecule has 0 bridgehead atoms. The van der Waals surface area contributed by atoms with Crippen molar-refractivity contribution in [2.24, 2.45) is 0 Å². The molecular formula is C5H6FN. The molecular weight excluding hydrogens is 93.1 g/mol. The average molecular weight is 99.1 g/mol. The Morgan fingerprint density at radius 1 is 1.57 bits per heavy atom. The fourth-order valence-electron chi connectivity index (χ4n) is 0.599. The summed E-state index contributed by atoms with van der Waals surface area (Å²) in [6.07, 6.45) is 1.77. The van der Waals surface area contributed by atoms with Crippen LogP contribution in [0.4, 0.5) is 4.39 Å². The van der Waals surface area contributed by atoms with Crippen LogP contribution < -0.4 is 0 Å². The Bertz CT molecular complexity index is 110. The smallest absolute Gasteiger partial charge is 0.196 e. The molecule has 0 radical (unpaired) electrons. The number of nitriles is 1. The van der Waals surface area contributed by atoms with Gasteiger partial charge in [0.15, 0.2) is 5.67 Å². The van der Waals surface area contributed by atoms with Crippen molar-refractivity contribution in [1.29, 1.82) is 5.26 Å². The first-order chi connectivity index (χ1) is 3.27. The molecule has 1 nitrogen and oxygen atoms in total. The fraction of sp³-hybridized carbons (Fsp3) is 0.800. The van der Waals surface area contributed by atoms with Crippen molar-refractivity contribution in [3.05, 3.63) is 0 Å². The lowest BCUT2D eigenvalue weighted by Crippen LogP contribution is -2.28. The molecule has 0 saturated heterocycles. The van der Waals surface area contributed by atoms with Gasteiger partial charge in [0.25, 0.3) is 0 Å². The van der Waals surface area contributed by atoms with Crippen LogP contribution in [0.25, 0.3) is 0 Å². The third-order valence-electron chi connectivity index (χ3n) is 1.35. The maximum absolute atomic E-state index is 12.3. The molecule has 0 aromatic carbocycles. The maximum Gasteiger partial charge on any atom is 0.196 e. The number of alkyl halides is 1. The van der Waals surface area contributed by atoms with Gasteiger partial charge in [0, 0.05) is 0 Å². The van der Waals surface area contributed by atoms with E-state index in [0.29, 0.717) is 12.8 Å². The van der Waals surface area contributed by atoms with E-state index in [1.54, 1.807) is 6.07 Å². The van der Waals surface area contributed by atoms with Gasteiger partial charge in [-0.25, -0.2) is 4.39 Å². The zero-order valence-corrected chi connectivity index (χ0v) is 3.95. The molecule has 0 N–H and O–H groups in total. The predicted octanol–water partition coefficient (Wildman–Crippen LogP) is 1.40. The molecule has 0 amide bonds. The quantitative estimate of drug-likeness (QED) is 0.450. The van der Waals surface area contributed by atoms with E-state index in [2.05, 4.69) is 0 Å². The monoisotopic (exact) mass is 99.0 g/mol. The zero-order valence-electron chi connectivity index (χ0n) is 3.95. The van der Waals surface area contributed by atoms with Gasteiger partial charge < -0.3 is 0 Å². The molecule has 2 heteroatoms. The topological polar surface area (TPSA) is 23.8 Å². The highest BCUT2D eigenvalue weighted by Gasteiger charge is 2.36. The highest BCUT2D eigenvalue weighted by Crippen LogP contribution is 2.34. The second-order valence-corrected chi connectivity index (χ2v) is 1.93. The first-order valence-electron chi connectivity index (χ1n) is 2.37. The fourth-order valence-corrected chi connectivity index (χ4v) is 0.599. The molecule has 1 aliphatic rings. The first-order valence-corrected chi connectivity index (χ1v) is 2.37. The number of hydrogen-bond donors (Lipinski definition) is 0. The molecule has 0 heterocycles. The molecule has 0 unspecified atom stereocenters. The SMILES string of the molecule is N#CC1(F)CCC1. The van der Waals surface area contributed by atoms with Gasteiger partial charge >= 0.3 is 0 Å². The van der Waals surface area contributed by atoms with Gasteiger partial charge in [-0.1, -0.05) is 0 Å². The van der Waals surface area contributed by atoms with Crippen molar-refractivity contribution in [1.82, 2.24) is 0 Å². The van der Waals surface area contributed by atoms with Gasteiger partial charge in [-0.05, 0) is 19.3 Å². The molecule has 0 aromatic rings. The van der Waals surface area contributed by atoms with Crippen molar-refractivity contribution >= 4 is 0 Å². The lowest BCUT2D eigenvalue weighted by molar-refractivity contribution is 0.128. The van der Waals surface area contributed by atoms with Gasteiger partial charge in [-0.15, -0.1) is 0 Å². The van der Waals surface area contributed by atoms with Crippen molar-refractivity contribution in [2.75, 3.05) is 0 Å². The summed E-state index contributed by atoms with van der Waals surface area (Å²) in [5, 5.41) is 8.02.